The zero-order chi connectivity index (χ0) is 6.24. The predicted octanol–water partition coefficient (Wildman–Crippen LogP) is 1.19. The molecule has 3 nitrogen and oxygen atoms in total. The SMILES string of the molecule is O=PNCCOCI. The molecule has 0 heterocycles. The first-order valence-corrected chi connectivity index (χ1v) is 4.44. The Morgan fingerprint density at radius 3 is 3.00 bits per heavy atom. The maximum atomic E-state index is 9.70. The number of nitrogens with one attached hydrogen (secondary N) is 1. The van der Waals surface area contributed by atoms with E-state index < -0.39 is 0 Å². The van der Waals surface area contributed by atoms with Gasteiger partial charge >= 0.3 is 0 Å². The van der Waals surface area contributed by atoms with Crippen LogP contribution >= 0.6 is 31.2 Å². The van der Waals surface area contributed by atoms with Crippen molar-refractivity contribution >= 4 is 31.2 Å². The Bertz CT molecular complexity index is 63.2. The minimum atomic E-state index is -0.0219. The van der Waals surface area contributed by atoms with E-state index in [4.69, 9.17) is 4.74 Å². The smallest absolute Gasteiger partial charge is 0.246 e. The molecule has 0 unspecified atom stereocenters. The van der Waals surface area contributed by atoms with Crippen LogP contribution in [-0.2, 0) is 9.30 Å². The number of hydrogen-bond donors (Lipinski definition) is 1. The molecule has 0 spiro atoms. The molecule has 0 bridgehead atoms. The monoisotopic (exact) mass is 247 g/mol. The van der Waals surface area contributed by atoms with Gasteiger partial charge in [-0.15, -0.1) is 0 Å². The van der Waals surface area contributed by atoms with Gasteiger partial charge in [0.2, 0.25) is 8.61 Å². The molecule has 0 rings (SSSR count). The minimum absolute atomic E-state index is 0.0219. The third-order valence-corrected chi connectivity index (χ3v) is 1.29. The lowest BCUT2D eigenvalue weighted by atomic mass is 10.7. The zero-order valence-corrected chi connectivity index (χ0v) is 7.31. The van der Waals surface area contributed by atoms with E-state index in [1.54, 1.807) is 0 Å². The highest BCUT2D eigenvalue weighted by Crippen LogP contribution is 1.83. The number of hydrogen-bond acceptors (Lipinski definition) is 2. The van der Waals surface area contributed by atoms with Crippen molar-refractivity contribution in [2.75, 3.05) is 17.8 Å². The lowest BCUT2D eigenvalue weighted by molar-refractivity contribution is 0.197. The van der Waals surface area contributed by atoms with E-state index in [1.807, 2.05) is 0 Å². The molecule has 0 saturated heterocycles. The summed E-state index contributed by atoms with van der Waals surface area (Å²) in [5, 5.41) is 2.57. The summed E-state index contributed by atoms with van der Waals surface area (Å²) >= 11 is 2.11. The second kappa shape index (κ2) is 7.75. The third-order valence-electron chi connectivity index (χ3n) is 0.500. The molecule has 5 heteroatoms. The minimum Gasteiger partial charge on any atom is -0.370 e. The Balaban J connectivity index is 2.62. The normalized spacial score (nSPS) is 10.1. The molecule has 0 radical (unpaired) electrons. The average molecular weight is 247 g/mol. The molecular formula is C3H7INO2P. The molecule has 8 heavy (non-hydrogen) atoms. The van der Waals surface area contributed by atoms with Gasteiger partial charge in [-0.25, -0.2) is 5.09 Å². The molecule has 0 aromatic rings. The van der Waals surface area contributed by atoms with Crippen LogP contribution in [0.3, 0.4) is 0 Å². The fourth-order valence-corrected chi connectivity index (χ4v) is 0.712. The molecule has 0 aliphatic carbocycles. The summed E-state index contributed by atoms with van der Waals surface area (Å²) in [4.78, 5) is 0. The molecule has 0 aliphatic heterocycles. The topological polar surface area (TPSA) is 38.3 Å². The fourth-order valence-electron chi connectivity index (χ4n) is 0.218. The van der Waals surface area contributed by atoms with E-state index in [2.05, 4.69) is 27.7 Å². The van der Waals surface area contributed by atoms with Crippen molar-refractivity contribution in [3.63, 3.8) is 0 Å². The fraction of sp³-hybridized carbons (Fsp3) is 1.00. The Labute approximate surface area is 63.6 Å². The van der Waals surface area contributed by atoms with E-state index >= 15 is 0 Å². The summed E-state index contributed by atoms with van der Waals surface area (Å²) in [5.74, 6) is 0. The van der Waals surface area contributed by atoms with Crippen LogP contribution in [0.5, 0.6) is 0 Å². The summed E-state index contributed by atoms with van der Waals surface area (Å²) < 4.78 is 15.3. The van der Waals surface area contributed by atoms with E-state index in [0.717, 1.165) is 0 Å². The highest BCUT2D eigenvalue weighted by Gasteiger charge is 1.81. The third kappa shape index (κ3) is 6.75. The number of alkyl halides is 1. The highest BCUT2D eigenvalue weighted by atomic mass is 127. The van der Waals surface area contributed by atoms with Crippen molar-refractivity contribution in [2.24, 2.45) is 0 Å². The standard InChI is InChI=1S/C3H7INO2P/c4-3-7-2-1-5-8-6/h1-3H2,(H,5,6). The van der Waals surface area contributed by atoms with Crippen molar-refractivity contribution in [3.8, 4) is 0 Å². The Kier molecular flexibility index (Phi) is 8.48. The van der Waals surface area contributed by atoms with Crippen LogP contribution < -0.4 is 5.09 Å². The van der Waals surface area contributed by atoms with Gasteiger partial charge in [0, 0.05) is 6.54 Å². The molecule has 0 aromatic carbocycles. The van der Waals surface area contributed by atoms with Crippen molar-refractivity contribution in [1.29, 1.82) is 0 Å². The van der Waals surface area contributed by atoms with Crippen molar-refractivity contribution in [2.45, 2.75) is 0 Å². The van der Waals surface area contributed by atoms with Crippen LogP contribution in [0.1, 0.15) is 0 Å². The van der Waals surface area contributed by atoms with Gasteiger partial charge in [-0.05, 0) is 0 Å². The molecule has 0 atom stereocenters. The molecule has 0 fully saturated rings. The van der Waals surface area contributed by atoms with Gasteiger partial charge in [0.25, 0.3) is 0 Å². The summed E-state index contributed by atoms with van der Waals surface area (Å²) in [6.45, 7) is 1.27. The van der Waals surface area contributed by atoms with Gasteiger partial charge in [0.15, 0.2) is 0 Å². The quantitative estimate of drug-likeness (QED) is 0.343. The summed E-state index contributed by atoms with van der Waals surface area (Å²) in [6, 6.07) is 0. The van der Waals surface area contributed by atoms with Crippen LogP contribution in [0, 0.1) is 0 Å². The first-order chi connectivity index (χ1) is 3.91. The van der Waals surface area contributed by atoms with Gasteiger partial charge in [0.05, 0.1) is 11.2 Å². The average Bonchev–Trinajstić information content (AvgIpc) is 1.81. The van der Waals surface area contributed by atoms with Crippen LogP contribution in [-0.4, -0.2) is 17.8 Å². The first kappa shape index (κ1) is 8.75. The van der Waals surface area contributed by atoms with Crippen molar-refractivity contribution in [3.05, 3.63) is 0 Å². The van der Waals surface area contributed by atoms with Crippen LogP contribution in [0.25, 0.3) is 0 Å². The number of ether oxygens (including phenoxy) is 1. The Morgan fingerprint density at radius 2 is 2.50 bits per heavy atom. The molecular weight excluding hydrogens is 240 g/mol. The molecule has 0 aromatic heterocycles. The zero-order valence-electron chi connectivity index (χ0n) is 4.26. The molecule has 1 N–H and O–H groups in total. The molecule has 0 amide bonds. The largest absolute Gasteiger partial charge is 0.370 e. The van der Waals surface area contributed by atoms with Gasteiger partial charge < -0.3 is 4.74 Å². The number of rotatable bonds is 5. The van der Waals surface area contributed by atoms with E-state index in [-0.39, 0.29) is 8.61 Å². The molecule has 48 valence electrons. The van der Waals surface area contributed by atoms with Gasteiger partial charge in [-0.1, -0.05) is 22.6 Å². The van der Waals surface area contributed by atoms with Gasteiger partial charge in [0.1, 0.15) is 0 Å². The van der Waals surface area contributed by atoms with E-state index in [9.17, 15) is 4.57 Å². The Hall–Kier alpha value is 0.750. The summed E-state index contributed by atoms with van der Waals surface area (Å²) in [6.07, 6.45) is 0. The Morgan fingerprint density at radius 1 is 1.75 bits per heavy atom. The highest BCUT2D eigenvalue weighted by molar-refractivity contribution is 14.1. The summed E-state index contributed by atoms with van der Waals surface area (Å²) in [7, 11) is -0.0219. The first-order valence-electron chi connectivity index (χ1n) is 2.10. The van der Waals surface area contributed by atoms with Crippen LogP contribution in [0.2, 0.25) is 0 Å². The van der Waals surface area contributed by atoms with Crippen molar-refractivity contribution in [1.82, 2.24) is 5.09 Å². The van der Waals surface area contributed by atoms with E-state index in [1.165, 1.54) is 0 Å². The molecule has 0 aliphatic rings. The second-order valence-electron chi connectivity index (χ2n) is 1.02. The van der Waals surface area contributed by atoms with Crippen LogP contribution in [0.4, 0.5) is 0 Å². The molecule has 0 saturated carbocycles. The van der Waals surface area contributed by atoms with Crippen molar-refractivity contribution < 1.29 is 9.30 Å². The maximum absolute atomic E-state index is 9.70. The lowest BCUT2D eigenvalue weighted by Gasteiger charge is -1.94. The van der Waals surface area contributed by atoms with Gasteiger partial charge in [-0.3, -0.25) is 4.57 Å². The van der Waals surface area contributed by atoms with E-state index in [0.29, 0.717) is 17.8 Å². The van der Waals surface area contributed by atoms with Crippen LogP contribution in [0.15, 0.2) is 0 Å². The number of halogens is 1. The second-order valence-corrected chi connectivity index (χ2v) is 2.14. The predicted molar refractivity (Wildman–Crippen MR) is 40.4 cm³/mol. The summed E-state index contributed by atoms with van der Waals surface area (Å²) in [5.41, 5.74) is 0. The maximum Gasteiger partial charge on any atom is 0.246 e. The van der Waals surface area contributed by atoms with Gasteiger partial charge in [-0.2, -0.15) is 0 Å². The lowest BCUT2D eigenvalue weighted by Crippen LogP contribution is -2.08.